The van der Waals surface area contributed by atoms with Gasteiger partial charge in [-0.1, -0.05) is 53.8 Å². The van der Waals surface area contributed by atoms with Crippen molar-refractivity contribution in [3.63, 3.8) is 0 Å². The number of aromatic nitrogens is 2. The van der Waals surface area contributed by atoms with E-state index in [1.54, 1.807) is 35.2 Å². The van der Waals surface area contributed by atoms with E-state index in [9.17, 15) is 24.4 Å². The number of imide groups is 1. The topological polar surface area (TPSA) is 194 Å². The molecule has 0 bridgehead atoms. The number of halogens is 1. The number of benzene rings is 3. The Balaban J connectivity index is 0.692. The molecule has 4 aromatic rings. The highest BCUT2D eigenvalue weighted by atomic mass is 35.5. The van der Waals surface area contributed by atoms with Gasteiger partial charge in [0.2, 0.25) is 17.8 Å². The first-order chi connectivity index (χ1) is 31.2. The first kappa shape index (κ1) is 44.1. The Hall–Kier alpha value is -6.52. The number of piperidine rings is 2. The van der Waals surface area contributed by atoms with Crippen molar-refractivity contribution in [2.24, 2.45) is 0 Å². The number of anilines is 4. The number of para-hydroxylation sites is 1. The number of nitrogens with one attached hydrogen (secondary N) is 5. The number of hydrogen-bond acceptors (Lipinski definition) is 11. The van der Waals surface area contributed by atoms with Gasteiger partial charge in [-0.2, -0.15) is 10.2 Å². The van der Waals surface area contributed by atoms with Crippen LogP contribution in [0.1, 0.15) is 96.3 Å². The third-order valence-electron chi connectivity index (χ3n) is 12.4. The molecule has 16 heteroatoms. The fraction of sp³-hybridized carbons (Fsp3) is 0.396. The molecule has 0 spiro atoms. The second kappa shape index (κ2) is 20.8. The molecule has 0 radical (unpaired) electrons. The highest BCUT2D eigenvalue weighted by molar-refractivity contribution is 6.33. The SMILES string of the molecule is N#Cc1ccccc1Nc1nc(Nc2ccc(C3CCN(C(=O)NC4CCC(NCCOCCC#Cc5cccc6c5CN(C5CCC(=O)NC5=O)C6=O)CC4)CC3)cc2)ncc1Cl. The zero-order chi connectivity index (χ0) is 44.4. The average molecular weight is 883 g/mol. The predicted octanol–water partition coefficient (Wildman–Crippen LogP) is 6.50. The second-order valence-electron chi connectivity index (χ2n) is 16.5. The fourth-order valence-corrected chi connectivity index (χ4v) is 8.98. The van der Waals surface area contributed by atoms with Crippen molar-refractivity contribution in [1.29, 1.82) is 5.26 Å². The highest BCUT2D eigenvalue weighted by Crippen LogP contribution is 2.32. The average Bonchev–Trinajstić information content (AvgIpc) is 3.65. The maximum Gasteiger partial charge on any atom is 0.317 e. The largest absolute Gasteiger partial charge is 0.379 e. The molecule has 1 atom stereocenters. The molecule has 8 rings (SSSR count). The number of carbonyl (C=O) groups is 4. The van der Waals surface area contributed by atoms with Crippen molar-refractivity contribution in [3.8, 4) is 17.9 Å². The van der Waals surface area contributed by atoms with E-state index < -0.39 is 11.9 Å². The van der Waals surface area contributed by atoms with Crippen molar-refractivity contribution in [2.75, 3.05) is 43.5 Å². The summed E-state index contributed by atoms with van der Waals surface area (Å²) in [5, 5.41) is 25.4. The molecule has 4 aliphatic rings. The van der Waals surface area contributed by atoms with Gasteiger partial charge in [-0.25, -0.2) is 9.78 Å². The maximum absolute atomic E-state index is 13.2. The molecular formula is C48H51ClN10O5. The summed E-state index contributed by atoms with van der Waals surface area (Å²) in [5.74, 6) is 6.55. The van der Waals surface area contributed by atoms with Crippen molar-refractivity contribution in [2.45, 2.75) is 88.4 Å². The number of likely N-dealkylation sites (tertiary alicyclic amines) is 1. The number of nitrogens with zero attached hydrogens (tertiary/aromatic N) is 5. The molecule has 5 N–H and O–H groups in total. The van der Waals surface area contributed by atoms with Crippen molar-refractivity contribution in [1.82, 2.24) is 35.7 Å². The number of rotatable bonds is 13. The summed E-state index contributed by atoms with van der Waals surface area (Å²) < 4.78 is 5.84. The highest BCUT2D eigenvalue weighted by Gasteiger charge is 2.39. The third-order valence-corrected chi connectivity index (χ3v) is 12.7. The van der Waals surface area contributed by atoms with Crippen LogP contribution in [-0.2, 0) is 20.9 Å². The normalized spacial score (nSPS) is 19.8. The smallest absolute Gasteiger partial charge is 0.317 e. The van der Waals surface area contributed by atoms with E-state index in [1.807, 2.05) is 29.2 Å². The van der Waals surface area contributed by atoms with Crippen LogP contribution in [0.2, 0.25) is 5.02 Å². The summed E-state index contributed by atoms with van der Waals surface area (Å²) in [4.78, 5) is 62.6. The van der Waals surface area contributed by atoms with Gasteiger partial charge in [0.15, 0.2) is 5.82 Å². The van der Waals surface area contributed by atoms with Crippen LogP contribution in [0.3, 0.4) is 0 Å². The fourth-order valence-electron chi connectivity index (χ4n) is 8.84. The third kappa shape index (κ3) is 10.8. The first-order valence-electron chi connectivity index (χ1n) is 22.0. The van der Waals surface area contributed by atoms with E-state index in [4.69, 9.17) is 16.3 Å². The molecule has 1 saturated carbocycles. The number of ether oxygens (including phenoxy) is 1. The van der Waals surface area contributed by atoms with Crippen molar-refractivity contribution < 1.29 is 23.9 Å². The molecule has 5 amide bonds. The second-order valence-corrected chi connectivity index (χ2v) is 16.9. The van der Waals surface area contributed by atoms with Gasteiger partial charge >= 0.3 is 6.03 Å². The molecule has 1 unspecified atom stereocenters. The minimum absolute atomic E-state index is 0.0261. The summed E-state index contributed by atoms with van der Waals surface area (Å²) >= 11 is 6.36. The van der Waals surface area contributed by atoms with E-state index in [0.29, 0.717) is 91.3 Å². The lowest BCUT2D eigenvalue weighted by molar-refractivity contribution is -0.136. The van der Waals surface area contributed by atoms with E-state index in [0.717, 1.165) is 61.9 Å². The molecule has 1 aromatic heterocycles. The Morgan fingerprint density at radius 2 is 1.66 bits per heavy atom. The lowest BCUT2D eigenvalue weighted by Crippen LogP contribution is -2.52. The Labute approximate surface area is 377 Å². The Kier molecular flexibility index (Phi) is 14.3. The first-order valence-corrected chi connectivity index (χ1v) is 22.4. The number of carbonyl (C=O) groups excluding carboxylic acids is 4. The van der Waals surface area contributed by atoms with Crippen LogP contribution < -0.4 is 26.6 Å². The number of hydrogen-bond donors (Lipinski definition) is 5. The van der Waals surface area contributed by atoms with E-state index in [1.165, 1.54) is 11.8 Å². The molecular weight excluding hydrogens is 832 g/mol. The van der Waals surface area contributed by atoms with Gasteiger partial charge in [-0.15, -0.1) is 0 Å². The molecule has 3 fully saturated rings. The van der Waals surface area contributed by atoms with Gasteiger partial charge in [-0.3, -0.25) is 19.7 Å². The standard InChI is InChI=1S/C48H51ClN10O5/c49-40-29-52-47(57-44(40)55-41-10-2-1-7-34(41)28-50)53-36-13-11-31(12-14-36)32-21-24-58(25-22-32)48(63)54-37-17-15-35(16-18-37)51-23-27-64-26-4-3-6-33-8-5-9-38-39(33)30-59(46(38)62)42-19-20-43(60)56-45(42)61/h1-2,5,7-14,29,32,35,37,42,51H,4,15-27,30H2,(H,54,63)(H,56,60,61)(H2,52,53,55,57). The molecule has 3 aromatic carbocycles. The molecule has 4 heterocycles. The zero-order valence-electron chi connectivity index (χ0n) is 35.5. The number of fused-ring (bicyclic) bond motifs is 1. The predicted molar refractivity (Wildman–Crippen MR) is 242 cm³/mol. The number of amides is 5. The number of nitriles is 1. The lowest BCUT2D eigenvalue weighted by Gasteiger charge is -2.35. The van der Waals surface area contributed by atoms with Crippen LogP contribution in [0.15, 0.2) is 72.9 Å². The van der Waals surface area contributed by atoms with E-state index in [2.05, 4.69) is 66.6 Å². The minimum Gasteiger partial charge on any atom is -0.379 e. The van der Waals surface area contributed by atoms with Crippen molar-refractivity contribution in [3.05, 3.63) is 106 Å². The summed E-state index contributed by atoms with van der Waals surface area (Å²) in [7, 11) is 0. The molecule has 3 aliphatic heterocycles. The summed E-state index contributed by atoms with van der Waals surface area (Å²) in [6.45, 7) is 3.53. The van der Waals surface area contributed by atoms with Crippen LogP contribution in [0.4, 0.5) is 27.9 Å². The van der Waals surface area contributed by atoms with Gasteiger partial charge in [0.1, 0.15) is 17.1 Å². The summed E-state index contributed by atoms with van der Waals surface area (Å²) in [5.41, 5.74) is 5.30. The van der Waals surface area contributed by atoms with Gasteiger partial charge in [-0.05, 0) is 98.4 Å². The Morgan fingerprint density at radius 3 is 2.44 bits per heavy atom. The molecule has 330 valence electrons. The molecule has 15 nitrogen and oxygen atoms in total. The summed E-state index contributed by atoms with van der Waals surface area (Å²) in [6, 6.07) is 22.9. The van der Waals surface area contributed by atoms with Gasteiger partial charge in [0.25, 0.3) is 5.91 Å². The zero-order valence-corrected chi connectivity index (χ0v) is 36.3. The van der Waals surface area contributed by atoms with E-state index in [-0.39, 0.29) is 30.3 Å². The number of urea groups is 1. The Bertz CT molecular complexity index is 2470. The molecule has 1 aliphatic carbocycles. The van der Waals surface area contributed by atoms with Gasteiger partial charge in [0, 0.05) is 67.9 Å². The quantitative estimate of drug-likeness (QED) is 0.0560. The maximum atomic E-state index is 13.2. The van der Waals surface area contributed by atoms with Crippen LogP contribution >= 0.6 is 11.6 Å². The van der Waals surface area contributed by atoms with Gasteiger partial charge < -0.3 is 35.8 Å². The van der Waals surface area contributed by atoms with Gasteiger partial charge in [0.05, 0.1) is 30.7 Å². The summed E-state index contributed by atoms with van der Waals surface area (Å²) in [6.07, 6.45) is 8.26. The van der Waals surface area contributed by atoms with Crippen LogP contribution in [0, 0.1) is 23.2 Å². The van der Waals surface area contributed by atoms with E-state index >= 15 is 0 Å². The van der Waals surface area contributed by atoms with Crippen LogP contribution in [0.25, 0.3) is 0 Å². The van der Waals surface area contributed by atoms with Crippen LogP contribution in [0.5, 0.6) is 0 Å². The lowest BCUT2D eigenvalue weighted by atomic mass is 9.89. The monoisotopic (exact) mass is 882 g/mol. The molecule has 64 heavy (non-hydrogen) atoms. The minimum atomic E-state index is -0.652. The Morgan fingerprint density at radius 1 is 0.891 bits per heavy atom. The van der Waals surface area contributed by atoms with Crippen molar-refractivity contribution >= 4 is 58.5 Å². The molecule has 2 saturated heterocycles. The van der Waals surface area contributed by atoms with Crippen LogP contribution in [-0.4, -0.2) is 94.5 Å².